The van der Waals surface area contributed by atoms with E-state index in [0.717, 1.165) is 24.6 Å². The first kappa shape index (κ1) is 15.7. The molecule has 0 saturated carbocycles. The Morgan fingerprint density at radius 2 is 2.08 bits per heavy atom. The fourth-order valence-electron chi connectivity index (χ4n) is 2.37. The molecule has 3 rings (SSSR count). The predicted molar refractivity (Wildman–Crippen MR) is 84.1 cm³/mol. The summed E-state index contributed by atoms with van der Waals surface area (Å²) in [5.41, 5.74) is 0.531. The first-order valence-electron chi connectivity index (χ1n) is 7.49. The van der Waals surface area contributed by atoms with Gasteiger partial charge < -0.3 is 4.57 Å². The normalized spacial score (nSPS) is 10.9. The van der Waals surface area contributed by atoms with Gasteiger partial charge in [-0.2, -0.15) is 4.80 Å². The van der Waals surface area contributed by atoms with Crippen LogP contribution in [0.4, 0.5) is 5.69 Å². The van der Waals surface area contributed by atoms with Crippen molar-refractivity contribution in [2.75, 3.05) is 0 Å². The van der Waals surface area contributed by atoms with Gasteiger partial charge in [0, 0.05) is 24.2 Å². The molecular formula is C14H16N8O2. The van der Waals surface area contributed by atoms with Gasteiger partial charge in [0.05, 0.1) is 4.92 Å². The van der Waals surface area contributed by atoms with Gasteiger partial charge >= 0.3 is 0 Å². The summed E-state index contributed by atoms with van der Waals surface area (Å²) in [6.07, 6.45) is 0.968. The number of rotatable bonds is 6. The molecule has 0 aliphatic carbocycles. The third kappa shape index (κ3) is 3.12. The number of aromatic nitrogens is 7. The molecule has 3 aromatic rings. The van der Waals surface area contributed by atoms with Crippen molar-refractivity contribution in [3.05, 3.63) is 46.0 Å². The van der Waals surface area contributed by atoms with Crippen molar-refractivity contribution in [2.45, 2.75) is 33.4 Å². The first-order chi connectivity index (χ1) is 11.6. The maximum absolute atomic E-state index is 10.9. The smallest absolute Gasteiger partial charge is 0.270 e. The molecule has 1 aromatic carbocycles. The highest BCUT2D eigenvalue weighted by Gasteiger charge is 2.14. The lowest BCUT2D eigenvalue weighted by Crippen LogP contribution is -2.12. The number of aryl methyl sites for hydroxylation is 1. The molecule has 0 bridgehead atoms. The molecule has 0 radical (unpaired) electrons. The fourth-order valence-corrected chi connectivity index (χ4v) is 2.37. The summed E-state index contributed by atoms with van der Waals surface area (Å²) in [6, 6.07) is 6.14. The van der Waals surface area contributed by atoms with Gasteiger partial charge in [-0.1, -0.05) is 19.1 Å². The number of hydrogen-bond acceptors (Lipinski definition) is 7. The molecule has 10 nitrogen and oxygen atoms in total. The Hall–Kier alpha value is -3.17. The molecule has 0 spiro atoms. The van der Waals surface area contributed by atoms with Gasteiger partial charge in [0.25, 0.3) is 5.69 Å². The van der Waals surface area contributed by atoms with E-state index >= 15 is 0 Å². The second kappa shape index (κ2) is 6.52. The van der Waals surface area contributed by atoms with Crippen molar-refractivity contribution in [3.63, 3.8) is 0 Å². The van der Waals surface area contributed by atoms with Crippen LogP contribution in [0.2, 0.25) is 0 Å². The van der Waals surface area contributed by atoms with Crippen LogP contribution in [-0.4, -0.2) is 39.9 Å². The highest BCUT2D eigenvalue weighted by molar-refractivity contribution is 5.58. The van der Waals surface area contributed by atoms with Gasteiger partial charge in [0.2, 0.25) is 5.82 Å². The Bertz CT molecular complexity index is 869. The summed E-state index contributed by atoms with van der Waals surface area (Å²) in [6.45, 7) is 5.14. The zero-order valence-corrected chi connectivity index (χ0v) is 13.3. The Kier molecular flexibility index (Phi) is 4.27. The largest absolute Gasteiger partial charge is 0.314 e. The van der Waals surface area contributed by atoms with Gasteiger partial charge in [0.15, 0.2) is 5.82 Å². The second-order valence-corrected chi connectivity index (χ2v) is 5.27. The van der Waals surface area contributed by atoms with Gasteiger partial charge in [-0.25, -0.2) is 0 Å². The molecule has 2 heterocycles. The van der Waals surface area contributed by atoms with Crippen molar-refractivity contribution in [1.29, 1.82) is 0 Å². The van der Waals surface area contributed by atoms with Crippen LogP contribution in [-0.2, 0) is 13.1 Å². The molecule has 0 fully saturated rings. The molecule has 0 unspecified atom stereocenters. The maximum Gasteiger partial charge on any atom is 0.270 e. The minimum Gasteiger partial charge on any atom is -0.314 e. The zero-order chi connectivity index (χ0) is 17.1. The van der Waals surface area contributed by atoms with E-state index in [1.165, 1.54) is 16.9 Å². The number of benzene rings is 1. The van der Waals surface area contributed by atoms with E-state index in [2.05, 4.69) is 32.5 Å². The molecule has 0 atom stereocenters. The molecule has 124 valence electrons. The molecule has 24 heavy (non-hydrogen) atoms. The molecule has 0 amide bonds. The van der Waals surface area contributed by atoms with Crippen LogP contribution in [0.3, 0.4) is 0 Å². The molecule has 10 heteroatoms. The molecule has 2 aromatic heterocycles. The fraction of sp³-hybridized carbons (Fsp3) is 0.357. The third-order valence-corrected chi connectivity index (χ3v) is 3.51. The SMILES string of the molecule is CCCn1c(C)nnc1Cn1nnc(-c2cccc([N+](=O)[O-])c2)n1. The summed E-state index contributed by atoms with van der Waals surface area (Å²) in [5.74, 6) is 1.92. The number of nitro benzene ring substituents is 1. The van der Waals surface area contributed by atoms with Gasteiger partial charge in [-0.15, -0.1) is 20.4 Å². The summed E-state index contributed by atoms with van der Waals surface area (Å²) in [7, 11) is 0. The van der Waals surface area contributed by atoms with Crippen LogP contribution in [0, 0.1) is 17.0 Å². The van der Waals surface area contributed by atoms with Gasteiger partial charge in [-0.05, 0) is 18.6 Å². The standard InChI is InChI=1S/C14H16N8O2/c1-3-7-20-10(2)15-16-13(20)9-21-18-14(17-19-21)11-5-4-6-12(8-11)22(23)24/h4-6,8H,3,7,9H2,1-2H3. The number of hydrogen-bond donors (Lipinski definition) is 0. The number of nitrogens with zero attached hydrogens (tertiary/aromatic N) is 8. The van der Waals surface area contributed by atoms with Crippen molar-refractivity contribution in [2.24, 2.45) is 0 Å². The number of tetrazole rings is 1. The van der Waals surface area contributed by atoms with Crippen LogP contribution >= 0.6 is 0 Å². The average molecular weight is 328 g/mol. The van der Waals surface area contributed by atoms with Crippen molar-refractivity contribution in [3.8, 4) is 11.4 Å². The predicted octanol–water partition coefficient (Wildman–Crippen LogP) is 1.61. The Morgan fingerprint density at radius 3 is 2.83 bits per heavy atom. The van der Waals surface area contributed by atoms with Gasteiger partial charge in [0.1, 0.15) is 12.4 Å². The first-order valence-corrected chi connectivity index (χ1v) is 7.49. The van der Waals surface area contributed by atoms with Crippen LogP contribution < -0.4 is 0 Å². The van der Waals surface area contributed by atoms with Crippen molar-refractivity contribution in [1.82, 2.24) is 35.0 Å². The average Bonchev–Trinajstić information content (AvgIpc) is 3.17. The van der Waals surface area contributed by atoms with E-state index < -0.39 is 4.92 Å². The zero-order valence-electron chi connectivity index (χ0n) is 13.3. The lowest BCUT2D eigenvalue weighted by atomic mass is 10.2. The highest BCUT2D eigenvalue weighted by atomic mass is 16.6. The quantitative estimate of drug-likeness (QED) is 0.498. The lowest BCUT2D eigenvalue weighted by molar-refractivity contribution is -0.384. The summed E-state index contributed by atoms with van der Waals surface area (Å²) in [5, 5.41) is 31.3. The van der Waals surface area contributed by atoms with E-state index in [1.54, 1.807) is 12.1 Å². The monoisotopic (exact) mass is 328 g/mol. The van der Waals surface area contributed by atoms with Crippen LogP contribution in [0.1, 0.15) is 25.0 Å². The highest BCUT2D eigenvalue weighted by Crippen LogP contribution is 2.20. The third-order valence-electron chi connectivity index (χ3n) is 3.51. The van der Waals surface area contributed by atoms with Crippen LogP contribution in [0.25, 0.3) is 11.4 Å². The van der Waals surface area contributed by atoms with E-state index in [-0.39, 0.29) is 5.69 Å². The van der Waals surface area contributed by atoms with E-state index in [0.29, 0.717) is 17.9 Å². The van der Waals surface area contributed by atoms with Crippen LogP contribution in [0.5, 0.6) is 0 Å². The molecule has 0 saturated heterocycles. The molecule has 0 aliphatic heterocycles. The minimum atomic E-state index is -0.454. The maximum atomic E-state index is 10.9. The number of non-ortho nitro benzene ring substituents is 1. The summed E-state index contributed by atoms with van der Waals surface area (Å²) >= 11 is 0. The summed E-state index contributed by atoms with van der Waals surface area (Å²) in [4.78, 5) is 11.8. The van der Waals surface area contributed by atoms with E-state index in [4.69, 9.17) is 0 Å². The Balaban J connectivity index is 1.84. The minimum absolute atomic E-state index is 0.0119. The molecular weight excluding hydrogens is 312 g/mol. The summed E-state index contributed by atoms with van der Waals surface area (Å²) < 4.78 is 2.01. The second-order valence-electron chi connectivity index (χ2n) is 5.27. The van der Waals surface area contributed by atoms with E-state index in [1.807, 2.05) is 11.5 Å². The van der Waals surface area contributed by atoms with Crippen molar-refractivity contribution >= 4 is 5.69 Å². The topological polar surface area (TPSA) is 117 Å². The Labute approximate surface area is 137 Å². The number of nitro groups is 1. The van der Waals surface area contributed by atoms with E-state index in [9.17, 15) is 10.1 Å². The lowest BCUT2D eigenvalue weighted by Gasteiger charge is -2.05. The molecule has 0 N–H and O–H groups in total. The van der Waals surface area contributed by atoms with Crippen molar-refractivity contribution < 1.29 is 4.92 Å². The molecule has 0 aliphatic rings. The van der Waals surface area contributed by atoms with Gasteiger partial charge in [-0.3, -0.25) is 10.1 Å². The van der Waals surface area contributed by atoms with Crippen LogP contribution in [0.15, 0.2) is 24.3 Å². The Morgan fingerprint density at radius 1 is 1.25 bits per heavy atom.